The van der Waals surface area contributed by atoms with Crippen LogP contribution in [-0.4, -0.2) is 25.5 Å². The van der Waals surface area contributed by atoms with Crippen molar-refractivity contribution in [1.29, 1.82) is 0 Å². The van der Waals surface area contributed by atoms with Gasteiger partial charge in [0.2, 0.25) is 0 Å². The van der Waals surface area contributed by atoms with Crippen molar-refractivity contribution in [3.05, 3.63) is 74.6 Å². The molecule has 1 aromatic carbocycles. The van der Waals surface area contributed by atoms with Crippen LogP contribution in [0.4, 0.5) is 0 Å². The van der Waals surface area contributed by atoms with Crippen LogP contribution in [0.2, 0.25) is 0 Å². The summed E-state index contributed by atoms with van der Waals surface area (Å²) >= 11 is 3.22. The second kappa shape index (κ2) is 7.51. The second-order valence-corrected chi connectivity index (χ2v) is 9.70. The van der Waals surface area contributed by atoms with E-state index < -0.39 is 9.84 Å². The Bertz CT molecular complexity index is 892. The number of hydrogen-bond donors (Lipinski definition) is 0. The van der Waals surface area contributed by atoms with Gasteiger partial charge in [-0.1, -0.05) is 12.1 Å². The molecule has 4 nitrogen and oxygen atoms in total. The monoisotopic (exact) mass is 391 g/mol. The van der Waals surface area contributed by atoms with Gasteiger partial charge in [0.05, 0.1) is 18.0 Å². The van der Waals surface area contributed by atoms with Crippen molar-refractivity contribution in [2.24, 2.45) is 0 Å². The largest absolute Gasteiger partial charge is 0.328 e. The lowest BCUT2D eigenvalue weighted by molar-refractivity contribution is 0.0733. The zero-order valence-electron chi connectivity index (χ0n) is 13.6. The molecule has 0 atom stereocenters. The average Bonchev–Trinajstić information content (AvgIpc) is 3.27. The molecule has 0 aliphatic carbocycles. The number of amides is 1. The predicted octanol–water partition coefficient (Wildman–Crippen LogP) is 4.06. The molecule has 3 rings (SSSR count). The smallest absolute Gasteiger partial charge is 0.254 e. The Hall–Kier alpha value is -1.96. The summed E-state index contributed by atoms with van der Waals surface area (Å²) in [6.45, 7) is 1.06. The Balaban J connectivity index is 1.85. The Labute approximate surface area is 155 Å². The summed E-state index contributed by atoms with van der Waals surface area (Å²) < 4.78 is 23.2. The van der Waals surface area contributed by atoms with E-state index in [4.69, 9.17) is 0 Å². The van der Waals surface area contributed by atoms with Crippen molar-refractivity contribution >= 4 is 38.4 Å². The summed E-state index contributed by atoms with van der Waals surface area (Å²) in [5.74, 6) is -0.109. The Morgan fingerprint density at radius 2 is 1.44 bits per heavy atom. The van der Waals surface area contributed by atoms with Crippen LogP contribution in [0, 0.1) is 0 Å². The summed E-state index contributed by atoms with van der Waals surface area (Å²) in [6, 6.07) is 14.1. The Morgan fingerprint density at radius 3 is 1.84 bits per heavy atom. The highest BCUT2D eigenvalue weighted by atomic mass is 32.2. The first-order chi connectivity index (χ1) is 11.9. The molecule has 2 heterocycles. The summed E-state index contributed by atoms with van der Waals surface area (Å²) in [5, 5.41) is 3.98. The first kappa shape index (κ1) is 17.8. The molecule has 0 aliphatic rings. The standard InChI is InChI=1S/C18H17NO3S3/c1-25(21,22)17-8-6-14(7-9-17)18(20)19(12-15-4-2-10-23-15)13-16-5-3-11-24-16/h2-11H,12-13H2,1H3. The minimum atomic E-state index is -3.27. The normalized spacial score (nSPS) is 11.4. The number of hydrogen-bond acceptors (Lipinski definition) is 5. The van der Waals surface area contributed by atoms with Gasteiger partial charge in [-0.25, -0.2) is 8.42 Å². The molecule has 1 amide bonds. The fourth-order valence-corrected chi connectivity index (χ4v) is 4.48. The summed E-state index contributed by atoms with van der Waals surface area (Å²) in [5.41, 5.74) is 0.487. The van der Waals surface area contributed by atoms with Crippen LogP contribution in [-0.2, 0) is 22.9 Å². The minimum absolute atomic E-state index is 0.109. The molecule has 0 unspecified atom stereocenters. The Morgan fingerprint density at radius 1 is 0.920 bits per heavy atom. The highest BCUT2D eigenvalue weighted by Crippen LogP contribution is 2.20. The first-order valence-electron chi connectivity index (χ1n) is 7.57. The van der Waals surface area contributed by atoms with E-state index in [0.717, 1.165) is 16.0 Å². The van der Waals surface area contributed by atoms with Gasteiger partial charge in [0, 0.05) is 21.6 Å². The molecule has 0 saturated carbocycles. The quantitative estimate of drug-likeness (QED) is 0.637. The number of nitrogens with zero attached hydrogens (tertiary/aromatic N) is 1. The fraction of sp³-hybridized carbons (Fsp3) is 0.167. The van der Waals surface area contributed by atoms with Crippen LogP contribution in [0.15, 0.2) is 64.2 Å². The SMILES string of the molecule is CS(=O)(=O)c1ccc(C(=O)N(Cc2cccs2)Cc2cccs2)cc1. The third kappa shape index (κ3) is 4.56. The molecule has 0 spiro atoms. The maximum atomic E-state index is 12.9. The molecule has 0 aliphatic heterocycles. The van der Waals surface area contributed by atoms with Crippen LogP contribution in [0.3, 0.4) is 0 Å². The van der Waals surface area contributed by atoms with Gasteiger partial charge < -0.3 is 4.90 Å². The molecule has 3 aromatic rings. The topological polar surface area (TPSA) is 54.5 Å². The van der Waals surface area contributed by atoms with Crippen molar-refractivity contribution in [1.82, 2.24) is 4.90 Å². The molecule has 25 heavy (non-hydrogen) atoms. The zero-order chi connectivity index (χ0) is 17.9. The third-order valence-electron chi connectivity index (χ3n) is 3.67. The van der Waals surface area contributed by atoms with Crippen LogP contribution in [0.25, 0.3) is 0 Å². The molecule has 7 heteroatoms. The molecule has 0 fully saturated rings. The molecule has 0 radical (unpaired) electrons. The Kier molecular flexibility index (Phi) is 5.36. The number of carbonyl (C=O) groups excluding carboxylic acids is 1. The lowest BCUT2D eigenvalue weighted by atomic mass is 10.2. The highest BCUT2D eigenvalue weighted by Gasteiger charge is 2.18. The molecule has 0 N–H and O–H groups in total. The van der Waals surface area contributed by atoms with E-state index in [9.17, 15) is 13.2 Å². The van der Waals surface area contributed by atoms with E-state index in [1.807, 2.05) is 35.0 Å². The maximum Gasteiger partial charge on any atom is 0.254 e. The summed E-state index contributed by atoms with van der Waals surface area (Å²) in [7, 11) is -3.27. The molecule has 0 saturated heterocycles. The molecular weight excluding hydrogens is 374 g/mol. The maximum absolute atomic E-state index is 12.9. The van der Waals surface area contributed by atoms with Crippen molar-refractivity contribution < 1.29 is 13.2 Å². The van der Waals surface area contributed by atoms with E-state index in [2.05, 4.69) is 0 Å². The number of carbonyl (C=O) groups is 1. The average molecular weight is 392 g/mol. The number of benzene rings is 1. The molecule has 130 valence electrons. The second-order valence-electron chi connectivity index (χ2n) is 5.62. The first-order valence-corrected chi connectivity index (χ1v) is 11.2. The van der Waals surface area contributed by atoms with Crippen LogP contribution in [0.5, 0.6) is 0 Å². The van der Waals surface area contributed by atoms with Crippen molar-refractivity contribution in [2.45, 2.75) is 18.0 Å². The van der Waals surface area contributed by atoms with E-state index in [1.54, 1.807) is 39.7 Å². The van der Waals surface area contributed by atoms with Gasteiger partial charge in [0.1, 0.15) is 0 Å². The van der Waals surface area contributed by atoms with E-state index in [0.29, 0.717) is 18.7 Å². The lowest BCUT2D eigenvalue weighted by Crippen LogP contribution is -2.29. The van der Waals surface area contributed by atoms with E-state index in [1.165, 1.54) is 12.1 Å². The molecule has 2 aromatic heterocycles. The van der Waals surface area contributed by atoms with Crippen molar-refractivity contribution in [3.63, 3.8) is 0 Å². The van der Waals surface area contributed by atoms with Crippen LogP contribution >= 0.6 is 22.7 Å². The molecular formula is C18H17NO3S3. The van der Waals surface area contributed by atoms with Gasteiger partial charge in [0.25, 0.3) is 5.91 Å². The van der Waals surface area contributed by atoms with Gasteiger partial charge in [-0.05, 0) is 47.2 Å². The van der Waals surface area contributed by atoms with Gasteiger partial charge in [-0.15, -0.1) is 22.7 Å². The van der Waals surface area contributed by atoms with Crippen molar-refractivity contribution in [3.8, 4) is 0 Å². The van der Waals surface area contributed by atoms with E-state index >= 15 is 0 Å². The van der Waals surface area contributed by atoms with Gasteiger partial charge in [-0.2, -0.15) is 0 Å². The minimum Gasteiger partial charge on any atom is -0.328 e. The van der Waals surface area contributed by atoms with Crippen molar-refractivity contribution in [2.75, 3.05) is 6.26 Å². The zero-order valence-corrected chi connectivity index (χ0v) is 16.0. The van der Waals surface area contributed by atoms with Crippen LogP contribution < -0.4 is 0 Å². The van der Waals surface area contributed by atoms with E-state index in [-0.39, 0.29) is 10.8 Å². The number of sulfone groups is 1. The summed E-state index contributed by atoms with van der Waals surface area (Å²) in [4.78, 5) is 17.2. The lowest BCUT2D eigenvalue weighted by Gasteiger charge is -2.22. The molecule has 0 bridgehead atoms. The van der Waals surface area contributed by atoms with Gasteiger partial charge in [0.15, 0.2) is 9.84 Å². The third-order valence-corrected chi connectivity index (χ3v) is 6.52. The van der Waals surface area contributed by atoms with Gasteiger partial charge in [-0.3, -0.25) is 4.79 Å². The predicted molar refractivity (Wildman–Crippen MR) is 102 cm³/mol. The number of rotatable bonds is 6. The number of thiophene rings is 2. The summed E-state index contributed by atoms with van der Waals surface area (Å²) in [6.07, 6.45) is 1.16. The van der Waals surface area contributed by atoms with Gasteiger partial charge >= 0.3 is 0 Å². The highest BCUT2D eigenvalue weighted by molar-refractivity contribution is 7.90. The fourth-order valence-electron chi connectivity index (χ4n) is 2.41. The van der Waals surface area contributed by atoms with Crippen LogP contribution in [0.1, 0.15) is 20.1 Å².